The molecule has 30 heavy (non-hydrogen) atoms. The molecule has 0 aromatic carbocycles. The average molecular weight is 445 g/mol. The molecule has 0 saturated heterocycles. The van der Waals surface area contributed by atoms with Crippen molar-refractivity contribution in [3.05, 3.63) is 0 Å². The number of nitrogens with one attached hydrogen (secondary N) is 2. The largest absolute Gasteiger partial charge is 0.444 e. The molecule has 0 aromatic heterocycles. The summed E-state index contributed by atoms with van der Waals surface area (Å²) in [5.74, 6) is -0.348. The third-order valence-corrected chi connectivity index (χ3v) is 7.84. The molecule has 2 amide bonds. The fraction of sp³-hybridized carbons (Fsp3) is 0.909. The Morgan fingerprint density at radius 2 is 1.47 bits per heavy atom. The number of hydrogen-bond donors (Lipinski definition) is 2. The van der Waals surface area contributed by atoms with Crippen molar-refractivity contribution in [1.82, 2.24) is 10.0 Å². The highest BCUT2D eigenvalue weighted by Crippen LogP contribution is 2.29. The van der Waals surface area contributed by atoms with Crippen molar-refractivity contribution in [1.29, 1.82) is 0 Å². The average Bonchev–Trinajstić information content (AvgIpc) is 3.03. The van der Waals surface area contributed by atoms with Gasteiger partial charge < -0.3 is 10.1 Å². The highest BCUT2D eigenvalue weighted by molar-refractivity contribution is 7.90. The van der Waals surface area contributed by atoms with Gasteiger partial charge in [-0.05, 0) is 58.8 Å². The molecule has 0 heterocycles. The maximum absolute atomic E-state index is 12.8. The Kier molecular flexibility index (Phi) is 9.44. The highest BCUT2D eigenvalue weighted by Gasteiger charge is 2.31. The van der Waals surface area contributed by atoms with Crippen LogP contribution in [0, 0.1) is 5.92 Å². The second-order valence-electron chi connectivity index (χ2n) is 9.97. The molecule has 0 radical (unpaired) electrons. The van der Waals surface area contributed by atoms with E-state index < -0.39 is 32.9 Å². The fourth-order valence-corrected chi connectivity index (χ4v) is 6.02. The van der Waals surface area contributed by atoms with Crippen LogP contribution in [0.2, 0.25) is 0 Å². The minimum Gasteiger partial charge on any atom is -0.444 e. The molecule has 0 aliphatic heterocycles. The summed E-state index contributed by atoms with van der Waals surface area (Å²) in [6, 6.07) is -0.0347. The second-order valence-corrected chi connectivity index (χ2v) is 11.9. The predicted octanol–water partition coefficient (Wildman–Crippen LogP) is 4.41. The molecular weight excluding hydrogens is 404 g/mol. The van der Waals surface area contributed by atoms with Gasteiger partial charge in [0.1, 0.15) is 5.60 Å². The number of ether oxygens (including phenoxy) is 1. The van der Waals surface area contributed by atoms with Crippen LogP contribution < -0.4 is 10.0 Å². The number of carbonyl (C=O) groups is 2. The van der Waals surface area contributed by atoms with Gasteiger partial charge in [0.2, 0.25) is 15.9 Å². The molecule has 7 nitrogen and oxygen atoms in total. The van der Waals surface area contributed by atoms with Gasteiger partial charge in [0, 0.05) is 12.5 Å². The van der Waals surface area contributed by atoms with Crippen molar-refractivity contribution in [2.45, 2.75) is 121 Å². The van der Waals surface area contributed by atoms with Crippen molar-refractivity contribution < 1.29 is 22.7 Å². The lowest BCUT2D eigenvalue weighted by Gasteiger charge is -2.22. The summed E-state index contributed by atoms with van der Waals surface area (Å²) >= 11 is 0. The molecule has 2 aliphatic carbocycles. The number of alkyl carbamates (subject to hydrolysis) is 1. The Morgan fingerprint density at radius 3 is 2.03 bits per heavy atom. The van der Waals surface area contributed by atoms with Gasteiger partial charge in [0.15, 0.2) is 0 Å². The minimum atomic E-state index is -3.63. The molecule has 0 aromatic rings. The second kappa shape index (κ2) is 11.3. The lowest BCUT2D eigenvalue weighted by molar-refractivity contribution is -0.120. The summed E-state index contributed by atoms with van der Waals surface area (Å²) in [4.78, 5) is 24.4. The van der Waals surface area contributed by atoms with E-state index in [0.29, 0.717) is 19.3 Å². The van der Waals surface area contributed by atoms with Crippen LogP contribution >= 0.6 is 0 Å². The summed E-state index contributed by atoms with van der Waals surface area (Å²) in [6.07, 6.45) is 10.7. The molecule has 2 N–H and O–H groups in total. The maximum atomic E-state index is 12.8. The molecule has 0 spiro atoms. The molecule has 2 unspecified atom stereocenters. The first-order valence-corrected chi connectivity index (χ1v) is 13.1. The van der Waals surface area contributed by atoms with E-state index in [9.17, 15) is 18.0 Å². The summed E-state index contributed by atoms with van der Waals surface area (Å²) in [5.41, 5.74) is -0.550. The van der Waals surface area contributed by atoms with Crippen LogP contribution in [-0.4, -0.2) is 37.3 Å². The van der Waals surface area contributed by atoms with E-state index in [4.69, 9.17) is 4.74 Å². The van der Waals surface area contributed by atoms with E-state index in [1.54, 1.807) is 0 Å². The van der Waals surface area contributed by atoms with Gasteiger partial charge in [-0.2, -0.15) is 0 Å². The number of hydrogen-bond acceptors (Lipinski definition) is 5. The van der Waals surface area contributed by atoms with Gasteiger partial charge in [-0.1, -0.05) is 44.9 Å². The monoisotopic (exact) mass is 444 g/mol. The SMILES string of the molecule is CC(C)(C)OC(=O)NC1CCC(CC(=O)NS(=O)(=O)C2CCCCCCCCC2)C1. The molecule has 2 rings (SSSR count). The van der Waals surface area contributed by atoms with Gasteiger partial charge in [-0.3, -0.25) is 9.52 Å². The first-order chi connectivity index (χ1) is 14.0. The van der Waals surface area contributed by atoms with E-state index >= 15 is 0 Å². The standard InChI is InChI=1S/C22H40N2O5S/c1-22(2,3)29-21(26)23-18-14-13-17(15-18)16-20(25)24-30(27,28)19-11-9-7-5-4-6-8-10-12-19/h17-19H,4-16H2,1-3H3,(H,23,26)(H,24,25). The molecule has 2 saturated carbocycles. The van der Waals surface area contributed by atoms with Gasteiger partial charge in [0.05, 0.1) is 5.25 Å². The lowest BCUT2D eigenvalue weighted by Crippen LogP contribution is -2.39. The van der Waals surface area contributed by atoms with Crippen LogP contribution in [0.25, 0.3) is 0 Å². The molecule has 174 valence electrons. The van der Waals surface area contributed by atoms with Gasteiger partial charge in [-0.25, -0.2) is 13.2 Å². The van der Waals surface area contributed by atoms with E-state index in [-0.39, 0.29) is 18.4 Å². The fourth-order valence-electron chi connectivity index (χ4n) is 4.49. The zero-order chi connectivity index (χ0) is 22.2. The van der Waals surface area contributed by atoms with E-state index in [1.165, 1.54) is 19.3 Å². The Labute approximate surface area is 182 Å². The Balaban J connectivity index is 1.79. The molecule has 2 atom stereocenters. The van der Waals surface area contributed by atoms with Crippen molar-refractivity contribution >= 4 is 22.0 Å². The zero-order valence-electron chi connectivity index (χ0n) is 18.9. The Morgan fingerprint density at radius 1 is 0.900 bits per heavy atom. The van der Waals surface area contributed by atoms with E-state index in [2.05, 4.69) is 10.0 Å². The topological polar surface area (TPSA) is 102 Å². The predicted molar refractivity (Wildman–Crippen MR) is 118 cm³/mol. The van der Waals surface area contributed by atoms with Crippen LogP contribution in [-0.2, 0) is 19.6 Å². The smallest absolute Gasteiger partial charge is 0.407 e. The summed E-state index contributed by atoms with van der Waals surface area (Å²) in [6.45, 7) is 5.44. The summed E-state index contributed by atoms with van der Waals surface area (Å²) in [7, 11) is -3.63. The van der Waals surface area contributed by atoms with E-state index in [0.717, 1.165) is 38.5 Å². The van der Waals surface area contributed by atoms with Crippen LogP contribution in [0.5, 0.6) is 0 Å². The first kappa shape index (κ1) is 25.0. The summed E-state index contributed by atoms with van der Waals surface area (Å²) in [5, 5.41) is 2.38. The number of amides is 2. The van der Waals surface area contributed by atoms with Crippen molar-refractivity contribution in [2.75, 3.05) is 0 Å². The van der Waals surface area contributed by atoms with Gasteiger partial charge in [0.25, 0.3) is 0 Å². The third-order valence-electron chi connectivity index (χ3n) is 5.98. The third kappa shape index (κ3) is 9.23. The van der Waals surface area contributed by atoms with Gasteiger partial charge in [-0.15, -0.1) is 0 Å². The van der Waals surface area contributed by atoms with Crippen molar-refractivity contribution in [3.63, 3.8) is 0 Å². The first-order valence-electron chi connectivity index (χ1n) is 11.6. The number of rotatable bonds is 5. The quantitative estimate of drug-likeness (QED) is 0.654. The minimum absolute atomic E-state index is 0.0347. The van der Waals surface area contributed by atoms with Crippen molar-refractivity contribution in [2.24, 2.45) is 5.92 Å². The molecule has 0 bridgehead atoms. The Bertz CT molecular complexity index is 662. The Hall–Kier alpha value is -1.31. The molecule has 2 fully saturated rings. The van der Waals surface area contributed by atoms with Crippen LogP contribution in [0.1, 0.15) is 104 Å². The van der Waals surface area contributed by atoms with Gasteiger partial charge >= 0.3 is 6.09 Å². The normalized spacial score (nSPS) is 24.8. The molecule has 2 aliphatic rings. The highest BCUT2D eigenvalue weighted by atomic mass is 32.2. The maximum Gasteiger partial charge on any atom is 0.407 e. The van der Waals surface area contributed by atoms with Crippen LogP contribution in [0.4, 0.5) is 4.79 Å². The molecular formula is C22H40N2O5S. The lowest BCUT2D eigenvalue weighted by atomic mass is 10.0. The molecule has 8 heteroatoms. The van der Waals surface area contributed by atoms with Crippen LogP contribution in [0.15, 0.2) is 0 Å². The van der Waals surface area contributed by atoms with E-state index in [1.807, 2.05) is 20.8 Å². The number of sulfonamides is 1. The summed E-state index contributed by atoms with van der Waals surface area (Å²) < 4.78 is 33.2. The van der Waals surface area contributed by atoms with Crippen molar-refractivity contribution in [3.8, 4) is 0 Å². The number of carbonyl (C=O) groups excluding carboxylic acids is 2. The van der Waals surface area contributed by atoms with Crippen LogP contribution in [0.3, 0.4) is 0 Å². The zero-order valence-corrected chi connectivity index (χ0v) is 19.7.